The van der Waals surface area contributed by atoms with Gasteiger partial charge in [0.1, 0.15) is 5.71 Å². The summed E-state index contributed by atoms with van der Waals surface area (Å²) >= 11 is 0. The molecule has 1 rings (SSSR count). The number of hydrazone groups is 1. The Kier molecular flexibility index (Phi) is 3.85. The van der Waals surface area contributed by atoms with E-state index in [1.165, 1.54) is 0 Å². The molecular weight excluding hydrogens is 176 g/mol. The molecule has 0 heterocycles. The Morgan fingerprint density at radius 1 is 1.36 bits per heavy atom. The van der Waals surface area contributed by atoms with E-state index in [0.717, 1.165) is 5.69 Å². The van der Waals surface area contributed by atoms with Gasteiger partial charge in [-0.1, -0.05) is 25.1 Å². The number of para-hydroxylation sites is 1. The highest BCUT2D eigenvalue weighted by molar-refractivity contribution is 6.38. The minimum Gasteiger partial charge on any atom is -0.293 e. The number of carbonyl (C=O) groups excluding carboxylic acids is 1. The highest BCUT2D eigenvalue weighted by atomic mass is 16.1. The molecule has 0 saturated heterocycles. The van der Waals surface area contributed by atoms with Gasteiger partial charge in [-0.15, -0.1) is 0 Å². The Bertz CT molecular complexity index is 330. The SMILES string of the molecule is CCC(=O)C(C)=NNc1ccccc1. The zero-order valence-corrected chi connectivity index (χ0v) is 8.45. The Morgan fingerprint density at radius 3 is 2.57 bits per heavy atom. The number of rotatable bonds is 4. The summed E-state index contributed by atoms with van der Waals surface area (Å²) < 4.78 is 0. The molecule has 0 saturated carbocycles. The van der Waals surface area contributed by atoms with Crippen molar-refractivity contribution in [3.05, 3.63) is 30.3 Å². The van der Waals surface area contributed by atoms with Gasteiger partial charge in [0.25, 0.3) is 0 Å². The molecule has 0 atom stereocenters. The maximum atomic E-state index is 11.2. The van der Waals surface area contributed by atoms with Crippen molar-refractivity contribution < 1.29 is 4.79 Å². The van der Waals surface area contributed by atoms with Gasteiger partial charge in [0.15, 0.2) is 5.78 Å². The summed E-state index contributed by atoms with van der Waals surface area (Å²) in [5.41, 5.74) is 4.22. The molecule has 1 aromatic rings. The number of nitrogens with one attached hydrogen (secondary N) is 1. The fourth-order valence-corrected chi connectivity index (χ4v) is 0.979. The molecule has 0 aliphatic heterocycles. The van der Waals surface area contributed by atoms with Crippen molar-refractivity contribution in [3.8, 4) is 0 Å². The van der Waals surface area contributed by atoms with E-state index >= 15 is 0 Å². The molecule has 1 aromatic carbocycles. The molecule has 3 heteroatoms. The molecular formula is C11H14N2O. The number of benzene rings is 1. The largest absolute Gasteiger partial charge is 0.293 e. The quantitative estimate of drug-likeness (QED) is 0.585. The number of anilines is 1. The predicted octanol–water partition coefficient (Wildman–Crippen LogP) is 2.45. The summed E-state index contributed by atoms with van der Waals surface area (Å²) in [4.78, 5) is 11.2. The summed E-state index contributed by atoms with van der Waals surface area (Å²) in [6.45, 7) is 3.53. The number of hydrogen-bond donors (Lipinski definition) is 1. The summed E-state index contributed by atoms with van der Waals surface area (Å²) in [6.07, 6.45) is 0.492. The second kappa shape index (κ2) is 5.17. The van der Waals surface area contributed by atoms with Gasteiger partial charge in [0.05, 0.1) is 5.69 Å². The first-order valence-electron chi connectivity index (χ1n) is 4.62. The van der Waals surface area contributed by atoms with Crippen molar-refractivity contribution in [1.82, 2.24) is 0 Å². The van der Waals surface area contributed by atoms with Crippen LogP contribution in [-0.2, 0) is 4.79 Å². The first kappa shape index (κ1) is 10.4. The van der Waals surface area contributed by atoms with Crippen LogP contribution >= 0.6 is 0 Å². The van der Waals surface area contributed by atoms with Gasteiger partial charge in [-0.2, -0.15) is 5.10 Å². The van der Waals surface area contributed by atoms with Crippen LogP contribution in [0.15, 0.2) is 35.4 Å². The molecule has 0 bridgehead atoms. The van der Waals surface area contributed by atoms with Crippen LogP contribution in [-0.4, -0.2) is 11.5 Å². The van der Waals surface area contributed by atoms with Gasteiger partial charge in [-0.25, -0.2) is 0 Å². The van der Waals surface area contributed by atoms with Crippen LogP contribution in [0.2, 0.25) is 0 Å². The van der Waals surface area contributed by atoms with E-state index in [2.05, 4.69) is 10.5 Å². The second-order valence-electron chi connectivity index (χ2n) is 2.95. The minimum atomic E-state index is 0.0634. The van der Waals surface area contributed by atoms with Crippen LogP contribution in [0, 0.1) is 0 Å². The first-order chi connectivity index (χ1) is 6.74. The van der Waals surface area contributed by atoms with Crippen molar-refractivity contribution >= 4 is 17.2 Å². The number of ketones is 1. The van der Waals surface area contributed by atoms with Crippen LogP contribution in [0.5, 0.6) is 0 Å². The molecule has 0 spiro atoms. The zero-order chi connectivity index (χ0) is 10.4. The molecule has 0 aromatic heterocycles. The Balaban J connectivity index is 2.59. The summed E-state index contributed by atoms with van der Waals surface area (Å²) in [7, 11) is 0. The molecule has 0 amide bonds. The van der Waals surface area contributed by atoms with Crippen LogP contribution in [0.25, 0.3) is 0 Å². The number of Topliss-reactive ketones (excluding diaryl/α,β-unsaturated/α-hetero) is 1. The van der Waals surface area contributed by atoms with Crippen LogP contribution in [0.1, 0.15) is 20.3 Å². The van der Waals surface area contributed by atoms with Crippen molar-refractivity contribution in [3.63, 3.8) is 0 Å². The normalized spacial score (nSPS) is 11.1. The molecule has 0 radical (unpaired) electrons. The van der Waals surface area contributed by atoms with Gasteiger partial charge in [-0.05, 0) is 19.1 Å². The zero-order valence-electron chi connectivity index (χ0n) is 8.45. The van der Waals surface area contributed by atoms with Crippen molar-refractivity contribution in [2.75, 3.05) is 5.43 Å². The summed E-state index contributed by atoms with van der Waals surface area (Å²) in [5, 5.41) is 3.98. The summed E-state index contributed by atoms with van der Waals surface area (Å²) in [5.74, 6) is 0.0634. The van der Waals surface area contributed by atoms with Crippen molar-refractivity contribution in [2.24, 2.45) is 5.10 Å². The number of hydrogen-bond acceptors (Lipinski definition) is 3. The smallest absolute Gasteiger partial charge is 0.178 e. The van der Waals surface area contributed by atoms with E-state index in [-0.39, 0.29) is 5.78 Å². The van der Waals surface area contributed by atoms with Gasteiger partial charge in [0, 0.05) is 6.42 Å². The summed E-state index contributed by atoms with van der Waals surface area (Å²) in [6, 6.07) is 9.54. The third kappa shape index (κ3) is 3.01. The highest BCUT2D eigenvalue weighted by Gasteiger charge is 2.01. The Hall–Kier alpha value is -1.64. The topological polar surface area (TPSA) is 41.5 Å². The molecule has 14 heavy (non-hydrogen) atoms. The third-order valence-electron chi connectivity index (χ3n) is 1.85. The second-order valence-corrected chi connectivity index (χ2v) is 2.95. The highest BCUT2D eigenvalue weighted by Crippen LogP contribution is 2.04. The van der Waals surface area contributed by atoms with E-state index in [1.807, 2.05) is 37.3 Å². The fourth-order valence-electron chi connectivity index (χ4n) is 0.979. The number of carbonyl (C=O) groups is 1. The minimum absolute atomic E-state index is 0.0634. The lowest BCUT2D eigenvalue weighted by Crippen LogP contribution is -2.10. The van der Waals surface area contributed by atoms with E-state index < -0.39 is 0 Å². The van der Waals surface area contributed by atoms with E-state index in [9.17, 15) is 4.79 Å². The maximum Gasteiger partial charge on any atom is 0.178 e. The van der Waals surface area contributed by atoms with Gasteiger partial charge in [-0.3, -0.25) is 10.2 Å². The van der Waals surface area contributed by atoms with E-state index in [1.54, 1.807) is 6.92 Å². The van der Waals surface area contributed by atoms with Gasteiger partial charge in [0.2, 0.25) is 0 Å². The Labute approximate surface area is 83.8 Å². The molecule has 0 aliphatic carbocycles. The van der Waals surface area contributed by atoms with Gasteiger partial charge >= 0.3 is 0 Å². The van der Waals surface area contributed by atoms with Crippen LogP contribution < -0.4 is 5.43 Å². The average molecular weight is 190 g/mol. The third-order valence-corrected chi connectivity index (χ3v) is 1.85. The lowest BCUT2D eigenvalue weighted by Gasteiger charge is -2.00. The van der Waals surface area contributed by atoms with Gasteiger partial charge < -0.3 is 0 Å². The monoisotopic (exact) mass is 190 g/mol. The molecule has 0 fully saturated rings. The van der Waals surface area contributed by atoms with Crippen molar-refractivity contribution in [1.29, 1.82) is 0 Å². The molecule has 0 unspecified atom stereocenters. The standard InChI is InChI=1S/C11H14N2O/c1-3-11(14)9(2)12-13-10-7-5-4-6-8-10/h4-8,13H,3H2,1-2H3. The Morgan fingerprint density at radius 2 is 2.00 bits per heavy atom. The van der Waals surface area contributed by atoms with Crippen molar-refractivity contribution in [2.45, 2.75) is 20.3 Å². The van der Waals surface area contributed by atoms with Crippen LogP contribution in [0.4, 0.5) is 5.69 Å². The molecule has 74 valence electrons. The first-order valence-corrected chi connectivity index (χ1v) is 4.62. The van der Waals surface area contributed by atoms with E-state index in [4.69, 9.17) is 0 Å². The molecule has 1 N–H and O–H groups in total. The molecule has 0 aliphatic rings. The predicted molar refractivity (Wildman–Crippen MR) is 58.5 cm³/mol. The lowest BCUT2D eigenvalue weighted by atomic mass is 10.2. The van der Waals surface area contributed by atoms with E-state index in [0.29, 0.717) is 12.1 Å². The van der Waals surface area contributed by atoms with Crippen LogP contribution in [0.3, 0.4) is 0 Å². The molecule has 3 nitrogen and oxygen atoms in total. The lowest BCUT2D eigenvalue weighted by molar-refractivity contribution is -0.112. The average Bonchev–Trinajstić information content (AvgIpc) is 2.26. The maximum absolute atomic E-state index is 11.2. The number of nitrogens with zero attached hydrogens (tertiary/aromatic N) is 1. The fraction of sp³-hybridized carbons (Fsp3) is 0.273.